The van der Waals surface area contributed by atoms with Gasteiger partial charge >= 0.3 is 6.18 Å². The molecule has 1 aliphatic rings. The van der Waals surface area contributed by atoms with E-state index in [1.165, 1.54) is 0 Å². The summed E-state index contributed by atoms with van der Waals surface area (Å²) in [4.78, 5) is 1.80. The molecule has 0 radical (unpaired) electrons. The molecule has 1 aliphatic heterocycles. The lowest BCUT2D eigenvalue weighted by Crippen LogP contribution is -2.37. The first-order valence-corrected chi connectivity index (χ1v) is 5.05. The maximum absolute atomic E-state index is 13.4. The van der Waals surface area contributed by atoms with Gasteiger partial charge in [-0.2, -0.15) is 13.2 Å². The summed E-state index contributed by atoms with van der Waals surface area (Å²) in [5.74, 6) is -0.776. The van der Waals surface area contributed by atoms with Crippen LogP contribution in [0.5, 0.6) is 0 Å². The van der Waals surface area contributed by atoms with E-state index in [-0.39, 0.29) is 12.1 Å². The first kappa shape index (κ1) is 11.4. The van der Waals surface area contributed by atoms with Crippen LogP contribution in [0.1, 0.15) is 17.5 Å². The molecule has 0 aromatic heterocycles. The van der Waals surface area contributed by atoms with Gasteiger partial charge < -0.3 is 0 Å². The van der Waals surface area contributed by atoms with Gasteiger partial charge in [0.15, 0.2) is 0 Å². The molecule has 1 fully saturated rings. The SMILES string of the molecule is Fc1cccc(C(F)(F)F)c1CN1CCC1. The molecule has 0 saturated carbocycles. The predicted octanol–water partition coefficient (Wildman–Crippen LogP) is 3.05. The van der Waals surface area contributed by atoms with Crippen LogP contribution >= 0.6 is 0 Å². The molecule has 16 heavy (non-hydrogen) atoms. The fraction of sp³-hybridized carbons (Fsp3) is 0.455. The van der Waals surface area contributed by atoms with Gasteiger partial charge in [0.25, 0.3) is 0 Å². The van der Waals surface area contributed by atoms with Crippen molar-refractivity contribution in [1.82, 2.24) is 4.90 Å². The molecule has 5 heteroatoms. The summed E-state index contributed by atoms with van der Waals surface area (Å²) in [6.45, 7) is 1.53. The van der Waals surface area contributed by atoms with E-state index >= 15 is 0 Å². The Balaban J connectivity index is 2.32. The van der Waals surface area contributed by atoms with Crippen molar-refractivity contribution in [3.8, 4) is 0 Å². The Morgan fingerprint density at radius 2 is 1.88 bits per heavy atom. The summed E-state index contributed by atoms with van der Waals surface area (Å²) in [7, 11) is 0. The third kappa shape index (κ3) is 2.19. The van der Waals surface area contributed by atoms with E-state index in [9.17, 15) is 17.6 Å². The Labute approximate surface area is 90.7 Å². The fourth-order valence-electron chi connectivity index (χ4n) is 1.75. The van der Waals surface area contributed by atoms with Gasteiger partial charge in [-0.15, -0.1) is 0 Å². The molecule has 1 aromatic rings. The molecule has 1 aromatic carbocycles. The molecule has 0 atom stereocenters. The van der Waals surface area contributed by atoms with E-state index in [1.807, 2.05) is 0 Å². The van der Waals surface area contributed by atoms with E-state index in [1.54, 1.807) is 4.90 Å². The highest BCUT2D eigenvalue weighted by Crippen LogP contribution is 2.34. The molecule has 88 valence electrons. The Morgan fingerprint density at radius 1 is 1.19 bits per heavy atom. The van der Waals surface area contributed by atoms with Crippen molar-refractivity contribution >= 4 is 0 Å². The second-order valence-corrected chi connectivity index (χ2v) is 3.89. The minimum Gasteiger partial charge on any atom is -0.299 e. The van der Waals surface area contributed by atoms with Gasteiger partial charge in [-0.25, -0.2) is 4.39 Å². The summed E-state index contributed by atoms with van der Waals surface area (Å²) < 4.78 is 51.2. The largest absolute Gasteiger partial charge is 0.416 e. The highest BCUT2D eigenvalue weighted by atomic mass is 19.4. The van der Waals surface area contributed by atoms with E-state index < -0.39 is 17.6 Å². The van der Waals surface area contributed by atoms with Gasteiger partial charge in [0.05, 0.1) is 5.56 Å². The van der Waals surface area contributed by atoms with Gasteiger partial charge in [-0.1, -0.05) is 6.07 Å². The Bertz CT molecular complexity index is 382. The number of nitrogens with zero attached hydrogens (tertiary/aromatic N) is 1. The maximum Gasteiger partial charge on any atom is 0.416 e. The smallest absolute Gasteiger partial charge is 0.299 e. The number of benzene rings is 1. The van der Waals surface area contributed by atoms with Crippen molar-refractivity contribution in [2.45, 2.75) is 19.1 Å². The average molecular weight is 233 g/mol. The molecular formula is C11H11F4N. The molecule has 0 bridgehead atoms. The number of likely N-dealkylation sites (tertiary alicyclic amines) is 1. The van der Waals surface area contributed by atoms with Crippen LogP contribution in [0.15, 0.2) is 18.2 Å². The molecule has 0 N–H and O–H groups in total. The van der Waals surface area contributed by atoms with Crippen LogP contribution in [0.3, 0.4) is 0 Å². The molecular weight excluding hydrogens is 222 g/mol. The van der Waals surface area contributed by atoms with Crippen LogP contribution in [0, 0.1) is 5.82 Å². The highest BCUT2D eigenvalue weighted by Gasteiger charge is 2.35. The second kappa shape index (κ2) is 4.05. The van der Waals surface area contributed by atoms with E-state index in [4.69, 9.17) is 0 Å². The van der Waals surface area contributed by atoms with Crippen LogP contribution in [0.25, 0.3) is 0 Å². The molecule has 1 heterocycles. The number of halogens is 4. The zero-order chi connectivity index (χ0) is 11.8. The van der Waals surface area contributed by atoms with Gasteiger partial charge in [0.1, 0.15) is 5.82 Å². The normalized spacial score (nSPS) is 17.2. The van der Waals surface area contributed by atoms with E-state index in [0.29, 0.717) is 0 Å². The molecule has 0 unspecified atom stereocenters. The van der Waals surface area contributed by atoms with Crippen LogP contribution in [-0.2, 0) is 12.7 Å². The maximum atomic E-state index is 13.4. The summed E-state index contributed by atoms with van der Waals surface area (Å²) in [6, 6.07) is 3.10. The van der Waals surface area contributed by atoms with Crippen LogP contribution in [0.2, 0.25) is 0 Å². The average Bonchev–Trinajstić information content (AvgIpc) is 2.11. The van der Waals surface area contributed by atoms with E-state index in [0.717, 1.165) is 37.7 Å². The monoisotopic (exact) mass is 233 g/mol. The van der Waals surface area contributed by atoms with E-state index in [2.05, 4.69) is 0 Å². The Kier molecular flexibility index (Phi) is 2.88. The summed E-state index contributed by atoms with van der Waals surface area (Å²) in [5.41, 5.74) is -1.10. The lowest BCUT2D eigenvalue weighted by molar-refractivity contribution is -0.138. The minimum absolute atomic E-state index is 0.0432. The summed E-state index contributed by atoms with van der Waals surface area (Å²) >= 11 is 0. The van der Waals surface area contributed by atoms with Crippen molar-refractivity contribution in [2.24, 2.45) is 0 Å². The van der Waals surface area contributed by atoms with Gasteiger partial charge in [-0.3, -0.25) is 4.90 Å². The lowest BCUT2D eigenvalue weighted by atomic mass is 10.0. The van der Waals surface area contributed by atoms with Crippen LogP contribution < -0.4 is 0 Å². The standard InChI is InChI=1S/C11H11F4N/c12-10-4-1-3-9(11(13,14)15)8(10)7-16-5-2-6-16/h1,3-4H,2,5-7H2. The highest BCUT2D eigenvalue weighted by molar-refractivity contribution is 5.31. The molecule has 1 saturated heterocycles. The summed E-state index contributed by atoms with van der Waals surface area (Å²) in [6.07, 6.45) is -3.52. The zero-order valence-electron chi connectivity index (χ0n) is 8.52. The van der Waals surface area contributed by atoms with Gasteiger partial charge in [0, 0.05) is 12.1 Å². The Morgan fingerprint density at radius 3 is 2.38 bits per heavy atom. The third-order valence-electron chi connectivity index (χ3n) is 2.75. The Hall–Kier alpha value is -1.10. The molecule has 0 amide bonds. The topological polar surface area (TPSA) is 3.24 Å². The number of alkyl halides is 3. The van der Waals surface area contributed by atoms with Gasteiger partial charge in [-0.05, 0) is 31.6 Å². The molecule has 2 rings (SSSR count). The lowest BCUT2D eigenvalue weighted by Gasteiger charge is -2.31. The van der Waals surface area contributed by atoms with Crippen molar-refractivity contribution in [3.63, 3.8) is 0 Å². The fourth-order valence-corrected chi connectivity index (χ4v) is 1.75. The van der Waals surface area contributed by atoms with Crippen molar-refractivity contribution in [2.75, 3.05) is 13.1 Å². The first-order chi connectivity index (χ1) is 7.48. The van der Waals surface area contributed by atoms with Crippen LogP contribution in [-0.4, -0.2) is 18.0 Å². The zero-order valence-corrected chi connectivity index (χ0v) is 8.52. The third-order valence-corrected chi connectivity index (χ3v) is 2.75. The molecule has 1 nitrogen and oxygen atoms in total. The minimum atomic E-state index is -4.48. The van der Waals surface area contributed by atoms with Crippen molar-refractivity contribution < 1.29 is 17.6 Å². The summed E-state index contributed by atoms with van der Waals surface area (Å²) in [5, 5.41) is 0. The molecule has 0 aliphatic carbocycles. The molecule has 0 spiro atoms. The van der Waals surface area contributed by atoms with Crippen LogP contribution in [0.4, 0.5) is 17.6 Å². The predicted molar refractivity (Wildman–Crippen MR) is 51.3 cm³/mol. The number of hydrogen-bond donors (Lipinski definition) is 0. The van der Waals surface area contributed by atoms with Crippen molar-refractivity contribution in [3.05, 3.63) is 35.1 Å². The first-order valence-electron chi connectivity index (χ1n) is 5.05. The quantitative estimate of drug-likeness (QED) is 0.709. The number of rotatable bonds is 2. The van der Waals surface area contributed by atoms with Gasteiger partial charge in [0.2, 0.25) is 0 Å². The van der Waals surface area contributed by atoms with Crippen molar-refractivity contribution in [1.29, 1.82) is 0 Å². The number of hydrogen-bond acceptors (Lipinski definition) is 1. The second-order valence-electron chi connectivity index (χ2n) is 3.89.